The van der Waals surface area contributed by atoms with E-state index in [1.807, 2.05) is 36.4 Å². The van der Waals surface area contributed by atoms with Gasteiger partial charge in [0, 0.05) is 10.9 Å². The van der Waals surface area contributed by atoms with E-state index in [9.17, 15) is 4.79 Å². The molecule has 0 fully saturated rings. The Bertz CT molecular complexity index is 893. The fourth-order valence-corrected chi connectivity index (χ4v) is 2.73. The normalized spacial score (nSPS) is 11.5. The van der Waals surface area contributed by atoms with Crippen molar-refractivity contribution in [3.63, 3.8) is 0 Å². The second-order valence-corrected chi connectivity index (χ2v) is 6.87. The molecular weight excluding hydrogens is 298 g/mol. The molecular formula is C20H21N3O. The lowest BCUT2D eigenvalue weighted by molar-refractivity contribution is 0.0955. The highest BCUT2D eigenvalue weighted by atomic mass is 16.2. The molecule has 0 radical (unpaired) electrons. The van der Waals surface area contributed by atoms with Crippen molar-refractivity contribution >= 4 is 16.8 Å². The van der Waals surface area contributed by atoms with Crippen molar-refractivity contribution in [3.8, 4) is 11.3 Å². The number of amides is 1. The van der Waals surface area contributed by atoms with Gasteiger partial charge >= 0.3 is 0 Å². The Morgan fingerprint density at radius 1 is 1.04 bits per heavy atom. The Hall–Kier alpha value is -2.72. The van der Waals surface area contributed by atoms with Crippen LogP contribution < -0.4 is 11.3 Å². The first-order valence-electron chi connectivity index (χ1n) is 7.92. The maximum Gasteiger partial charge on any atom is 0.265 e. The van der Waals surface area contributed by atoms with Crippen molar-refractivity contribution < 1.29 is 4.79 Å². The van der Waals surface area contributed by atoms with Gasteiger partial charge < -0.3 is 0 Å². The van der Waals surface area contributed by atoms with Gasteiger partial charge in [-0.15, -0.1) is 0 Å². The van der Waals surface area contributed by atoms with Crippen molar-refractivity contribution in [3.05, 3.63) is 65.7 Å². The van der Waals surface area contributed by atoms with Crippen LogP contribution in [0.15, 0.2) is 54.6 Å². The molecule has 1 amide bonds. The summed E-state index contributed by atoms with van der Waals surface area (Å²) in [4.78, 5) is 16.8. The van der Waals surface area contributed by atoms with Gasteiger partial charge in [-0.2, -0.15) is 0 Å². The maximum absolute atomic E-state index is 12.1. The third kappa shape index (κ3) is 3.01. The Kier molecular flexibility index (Phi) is 4.08. The molecule has 3 aromatic rings. The van der Waals surface area contributed by atoms with Crippen LogP contribution in [0.4, 0.5) is 0 Å². The van der Waals surface area contributed by atoms with E-state index in [-0.39, 0.29) is 11.3 Å². The number of nitrogens with two attached hydrogens (primary N) is 1. The third-order valence-corrected chi connectivity index (χ3v) is 4.14. The van der Waals surface area contributed by atoms with Gasteiger partial charge in [-0.25, -0.2) is 10.8 Å². The van der Waals surface area contributed by atoms with Gasteiger partial charge in [-0.3, -0.25) is 10.2 Å². The highest BCUT2D eigenvalue weighted by Gasteiger charge is 2.15. The molecule has 0 aliphatic rings. The summed E-state index contributed by atoms with van der Waals surface area (Å²) >= 11 is 0. The standard InChI is InChI=1S/C20H21N3O/c1-20(2,3)14-10-8-13(9-11-14)18-12-16(19(24)23-21)15-6-4-5-7-17(15)22-18/h4-12H,21H2,1-3H3,(H,23,24). The van der Waals surface area contributed by atoms with Crippen LogP contribution in [0.3, 0.4) is 0 Å². The number of pyridine rings is 1. The second-order valence-electron chi connectivity index (χ2n) is 6.87. The molecule has 0 atom stereocenters. The molecule has 122 valence electrons. The molecule has 0 saturated heterocycles. The molecule has 0 bridgehead atoms. The molecule has 3 rings (SSSR count). The molecule has 0 saturated carbocycles. The molecule has 1 aromatic heterocycles. The van der Waals surface area contributed by atoms with Gasteiger partial charge in [0.05, 0.1) is 16.8 Å². The molecule has 24 heavy (non-hydrogen) atoms. The smallest absolute Gasteiger partial charge is 0.265 e. The second kappa shape index (κ2) is 6.06. The summed E-state index contributed by atoms with van der Waals surface area (Å²) in [6, 6.07) is 17.7. The molecule has 4 heteroatoms. The lowest BCUT2D eigenvalue weighted by atomic mass is 9.86. The summed E-state index contributed by atoms with van der Waals surface area (Å²) in [5, 5.41) is 0.788. The monoisotopic (exact) mass is 319 g/mol. The number of hydrogen-bond acceptors (Lipinski definition) is 3. The minimum atomic E-state index is -0.318. The summed E-state index contributed by atoms with van der Waals surface area (Å²) in [5.74, 6) is 5.01. The molecule has 0 spiro atoms. The maximum atomic E-state index is 12.1. The summed E-state index contributed by atoms with van der Waals surface area (Å²) in [6.45, 7) is 6.54. The highest BCUT2D eigenvalue weighted by Crippen LogP contribution is 2.28. The summed E-state index contributed by atoms with van der Waals surface area (Å²) in [6.07, 6.45) is 0. The average Bonchev–Trinajstić information content (AvgIpc) is 2.59. The topological polar surface area (TPSA) is 68.0 Å². The lowest BCUT2D eigenvalue weighted by Crippen LogP contribution is -2.30. The van der Waals surface area contributed by atoms with E-state index in [0.29, 0.717) is 5.56 Å². The minimum Gasteiger partial charge on any atom is -0.290 e. The molecule has 0 aliphatic heterocycles. The predicted molar refractivity (Wildman–Crippen MR) is 97.5 cm³/mol. The van der Waals surface area contributed by atoms with Crippen LogP contribution in [0.25, 0.3) is 22.2 Å². The quantitative estimate of drug-likeness (QED) is 0.429. The highest BCUT2D eigenvalue weighted by molar-refractivity contribution is 6.06. The van der Waals surface area contributed by atoms with E-state index in [1.165, 1.54) is 5.56 Å². The molecule has 0 unspecified atom stereocenters. The number of nitrogens with zero attached hydrogens (tertiary/aromatic N) is 1. The third-order valence-electron chi connectivity index (χ3n) is 4.14. The Balaban J connectivity index is 2.14. The number of hydrogen-bond donors (Lipinski definition) is 2. The molecule has 0 aliphatic carbocycles. The largest absolute Gasteiger partial charge is 0.290 e. The summed E-state index contributed by atoms with van der Waals surface area (Å²) < 4.78 is 0. The first-order valence-corrected chi connectivity index (χ1v) is 7.92. The van der Waals surface area contributed by atoms with Crippen LogP contribution >= 0.6 is 0 Å². The molecule has 2 aromatic carbocycles. The van der Waals surface area contributed by atoms with Gasteiger partial charge in [-0.05, 0) is 23.1 Å². The fourth-order valence-electron chi connectivity index (χ4n) is 2.73. The van der Waals surface area contributed by atoms with Crippen molar-refractivity contribution in [2.75, 3.05) is 0 Å². The number of nitrogen functional groups attached to an aromatic ring is 1. The number of carbonyl (C=O) groups excluding carboxylic acids is 1. The number of fused-ring (bicyclic) bond motifs is 1. The van der Waals surface area contributed by atoms with Gasteiger partial charge in [0.1, 0.15) is 0 Å². The first-order chi connectivity index (χ1) is 11.4. The Morgan fingerprint density at radius 3 is 2.33 bits per heavy atom. The number of rotatable bonds is 2. The van der Waals surface area contributed by atoms with Gasteiger partial charge in [0.15, 0.2) is 0 Å². The number of nitrogens with one attached hydrogen (secondary N) is 1. The number of benzene rings is 2. The number of para-hydroxylation sites is 1. The van der Waals surface area contributed by atoms with E-state index in [0.717, 1.165) is 22.2 Å². The minimum absolute atomic E-state index is 0.0972. The Morgan fingerprint density at radius 2 is 1.71 bits per heavy atom. The van der Waals surface area contributed by atoms with Crippen LogP contribution in [-0.4, -0.2) is 10.9 Å². The van der Waals surface area contributed by atoms with Gasteiger partial charge in [0.25, 0.3) is 5.91 Å². The average molecular weight is 319 g/mol. The number of carbonyl (C=O) groups is 1. The Labute approximate surface area is 141 Å². The zero-order valence-electron chi connectivity index (χ0n) is 14.1. The molecule has 1 heterocycles. The fraction of sp³-hybridized carbons (Fsp3) is 0.200. The van der Waals surface area contributed by atoms with E-state index in [1.54, 1.807) is 6.07 Å². The van der Waals surface area contributed by atoms with Crippen molar-refractivity contribution in [2.45, 2.75) is 26.2 Å². The number of hydrazine groups is 1. The van der Waals surface area contributed by atoms with E-state index in [2.05, 4.69) is 38.3 Å². The first kappa shape index (κ1) is 16.1. The van der Waals surface area contributed by atoms with Gasteiger partial charge in [0.2, 0.25) is 0 Å². The van der Waals surface area contributed by atoms with Crippen LogP contribution in [0.5, 0.6) is 0 Å². The van der Waals surface area contributed by atoms with Crippen molar-refractivity contribution in [1.29, 1.82) is 0 Å². The van der Waals surface area contributed by atoms with E-state index < -0.39 is 0 Å². The van der Waals surface area contributed by atoms with Crippen LogP contribution in [0, 0.1) is 0 Å². The van der Waals surface area contributed by atoms with Crippen LogP contribution in [0.2, 0.25) is 0 Å². The van der Waals surface area contributed by atoms with Crippen molar-refractivity contribution in [2.24, 2.45) is 5.84 Å². The SMILES string of the molecule is CC(C)(C)c1ccc(-c2cc(C(=O)NN)c3ccccc3n2)cc1. The zero-order valence-corrected chi connectivity index (χ0v) is 14.1. The molecule has 3 N–H and O–H groups in total. The van der Waals surface area contributed by atoms with E-state index >= 15 is 0 Å². The summed E-state index contributed by atoms with van der Waals surface area (Å²) in [5.41, 5.74) is 6.59. The predicted octanol–water partition coefficient (Wildman–Crippen LogP) is 3.80. The van der Waals surface area contributed by atoms with Crippen LogP contribution in [0.1, 0.15) is 36.7 Å². The zero-order chi connectivity index (χ0) is 17.3. The van der Waals surface area contributed by atoms with Crippen LogP contribution in [-0.2, 0) is 5.41 Å². The number of aromatic nitrogens is 1. The lowest BCUT2D eigenvalue weighted by Gasteiger charge is -2.19. The molecule has 4 nitrogen and oxygen atoms in total. The summed E-state index contributed by atoms with van der Waals surface area (Å²) in [7, 11) is 0. The van der Waals surface area contributed by atoms with Crippen molar-refractivity contribution in [1.82, 2.24) is 10.4 Å². The van der Waals surface area contributed by atoms with E-state index in [4.69, 9.17) is 10.8 Å². The van der Waals surface area contributed by atoms with Gasteiger partial charge in [-0.1, -0.05) is 63.2 Å².